The van der Waals surface area contributed by atoms with Gasteiger partial charge in [-0.25, -0.2) is 9.97 Å². The van der Waals surface area contributed by atoms with Crippen LogP contribution in [0, 0.1) is 0 Å². The summed E-state index contributed by atoms with van der Waals surface area (Å²) in [7, 11) is 0. The molecule has 3 aromatic heterocycles. The topological polar surface area (TPSA) is 111 Å². The highest BCUT2D eigenvalue weighted by molar-refractivity contribution is 6.06. The SMILES string of the molecule is CCOC(C)(C)c1cnc2n1C[C@H](c1ccccc1)C[C@@H]2NC(=O)c1cnc2c(c1)CC1(C2)C(=O)Nc2ncccc21. The molecule has 9 heteroatoms. The van der Waals surface area contributed by atoms with Gasteiger partial charge in [0.05, 0.1) is 28.9 Å². The molecule has 0 saturated heterocycles. The van der Waals surface area contributed by atoms with Crippen LogP contribution in [-0.2, 0) is 39.9 Å². The van der Waals surface area contributed by atoms with Crippen molar-refractivity contribution < 1.29 is 14.3 Å². The number of benzene rings is 1. The summed E-state index contributed by atoms with van der Waals surface area (Å²) in [6, 6.07) is 15.8. The Morgan fingerprint density at radius 2 is 1.95 bits per heavy atom. The van der Waals surface area contributed by atoms with Crippen LogP contribution in [0.15, 0.2) is 67.1 Å². The van der Waals surface area contributed by atoms with Gasteiger partial charge in [-0.2, -0.15) is 0 Å². The summed E-state index contributed by atoms with van der Waals surface area (Å²) < 4.78 is 8.31. The van der Waals surface area contributed by atoms with E-state index in [9.17, 15) is 9.59 Å². The molecule has 2 N–H and O–H groups in total. The number of hydrogen-bond donors (Lipinski definition) is 2. The van der Waals surface area contributed by atoms with Crippen LogP contribution in [0.4, 0.5) is 5.82 Å². The number of pyridine rings is 2. The summed E-state index contributed by atoms with van der Waals surface area (Å²) in [5.41, 5.74) is 4.11. The highest BCUT2D eigenvalue weighted by Gasteiger charge is 2.51. The Kier molecular flexibility index (Phi) is 6.23. The van der Waals surface area contributed by atoms with Crippen molar-refractivity contribution in [1.29, 1.82) is 0 Å². The molecule has 42 heavy (non-hydrogen) atoms. The molecule has 1 spiro atoms. The lowest BCUT2D eigenvalue weighted by Gasteiger charge is -2.34. The smallest absolute Gasteiger partial charge is 0.253 e. The number of carbonyl (C=O) groups excluding carboxylic acids is 2. The molecule has 0 bridgehead atoms. The van der Waals surface area contributed by atoms with Crippen LogP contribution in [0.2, 0.25) is 0 Å². The number of nitrogens with one attached hydrogen (secondary N) is 2. The van der Waals surface area contributed by atoms with Crippen molar-refractivity contribution in [3.05, 3.63) is 107 Å². The van der Waals surface area contributed by atoms with E-state index in [-0.39, 0.29) is 23.8 Å². The molecule has 3 aliphatic rings. The molecule has 2 amide bonds. The number of imidazole rings is 1. The zero-order valence-electron chi connectivity index (χ0n) is 24.1. The van der Waals surface area contributed by atoms with Crippen molar-refractivity contribution in [3.63, 3.8) is 0 Å². The van der Waals surface area contributed by atoms with Crippen molar-refractivity contribution in [1.82, 2.24) is 24.8 Å². The zero-order chi connectivity index (χ0) is 29.1. The highest BCUT2D eigenvalue weighted by Crippen LogP contribution is 2.46. The van der Waals surface area contributed by atoms with E-state index in [1.54, 1.807) is 12.4 Å². The van der Waals surface area contributed by atoms with Gasteiger partial charge in [0.1, 0.15) is 17.2 Å². The fraction of sp³-hybridized carbons (Fsp3) is 0.364. The number of aromatic nitrogens is 4. The summed E-state index contributed by atoms with van der Waals surface area (Å²) in [6.07, 6.45) is 6.89. The van der Waals surface area contributed by atoms with Gasteiger partial charge in [-0.15, -0.1) is 0 Å². The minimum atomic E-state index is -0.727. The number of carbonyl (C=O) groups is 2. The summed E-state index contributed by atoms with van der Waals surface area (Å²) in [6.45, 7) is 7.46. The van der Waals surface area contributed by atoms with Crippen molar-refractivity contribution in [2.75, 3.05) is 11.9 Å². The van der Waals surface area contributed by atoms with E-state index in [2.05, 4.69) is 63.3 Å². The zero-order valence-corrected chi connectivity index (χ0v) is 24.1. The Labute approximate surface area is 244 Å². The molecule has 0 fully saturated rings. The van der Waals surface area contributed by atoms with Gasteiger partial charge < -0.3 is 19.9 Å². The van der Waals surface area contributed by atoms with Gasteiger partial charge in [-0.3, -0.25) is 14.6 Å². The molecule has 5 heterocycles. The van der Waals surface area contributed by atoms with Crippen LogP contribution in [0.3, 0.4) is 0 Å². The quantitative estimate of drug-likeness (QED) is 0.356. The number of anilines is 1. The number of nitrogens with zero attached hydrogens (tertiary/aromatic N) is 4. The fourth-order valence-corrected chi connectivity index (χ4v) is 7.03. The standard InChI is InChI=1S/C33H34N6O3/c1-4-42-32(2,3)27-18-36-29-25(14-23(19-39(27)29)20-9-6-5-7-10-20)37-30(40)22-13-21-15-33(16-26(21)35-17-22)24-11-8-12-34-28(24)38-31(33)41/h5-13,17-18,23,25H,4,14-16,19H2,1-3H3,(H,37,40)(H,34,38,41)/t23-,25+,33?/m1/s1. The number of ether oxygens (including phenoxy) is 1. The van der Waals surface area contributed by atoms with Crippen LogP contribution >= 0.6 is 0 Å². The molecule has 0 saturated carbocycles. The van der Waals surface area contributed by atoms with Gasteiger partial charge >= 0.3 is 0 Å². The molecule has 214 valence electrons. The van der Waals surface area contributed by atoms with Crippen LogP contribution in [0.1, 0.15) is 83.4 Å². The van der Waals surface area contributed by atoms with Gasteiger partial charge in [0.2, 0.25) is 5.91 Å². The van der Waals surface area contributed by atoms with Crippen molar-refractivity contribution in [2.24, 2.45) is 0 Å². The first kappa shape index (κ1) is 26.5. The molecule has 1 unspecified atom stereocenters. The van der Waals surface area contributed by atoms with Crippen molar-refractivity contribution in [2.45, 2.75) is 69.6 Å². The number of hydrogen-bond acceptors (Lipinski definition) is 6. The minimum absolute atomic E-state index is 0.0630. The maximum absolute atomic E-state index is 13.7. The largest absolute Gasteiger partial charge is 0.370 e. The molecule has 1 aliphatic carbocycles. The van der Waals surface area contributed by atoms with Crippen molar-refractivity contribution in [3.8, 4) is 0 Å². The third-order valence-electron chi connectivity index (χ3n) is 9.09. The molecular formula is C33H34N6O3. The van der Waals surface area contributed by atoms with Gasteiger partial charge in [-0.1, -0.05) is 36.4 Å². The monoisotopic (exact) mass is 562 g/mol. The van der Waals surface area contributed by atoms with E-state index in [0.717, 1.165) is 41.3 Å². The molecule has 1 aromatic carbocycles. The molecule has 4 aromatic rings. The normalized spacial score (nSPS) is 22.4. The lowest BCUT2D eigenvalue weighted by atomic mass is 9.80. The first-order chi connectivity index (χ1) is 20.3. The summed E-state index contributed by atoms with van der Waals surface area (Å²) in [5.74, 6) is 1.37. The third-order valence-corrected chi connectivity index (χ3v) is 9.09. The van der Waals surface area contributed by atoms with Crippen LogP contribution in [-0.4, -0.2) is 37.9 Å². The number of amides is 2. The first-order valence-electron chi connectivity index (χ1n) is 14.6. The van der Waals surface area contributed by atoms with Gasteiger partial charge in [0.25, 0.3) is 5.91 Å². The first-order valence-corrected chi connectivity index (χ1v) is 14.6. The van der Waals surface area contributed by atoms with Crippen LogP contribution < -0.4 is 10.6 Å². The molecule has 3 atom stereocenters. The third kappa shape index (κ3) is 4.22. The summed E-state index contributed by atoms with van der Waals surface area (Å²) >= 11 is 0. The second-order valence-electron chi connectivity index (χ2n) is 12.0. The fourth-order valence-electron chi connectivity index (χ4n) is 7.03. The molecule has 2 aliphatic heterocycles. The second-order valence-corrected chi connectivity index (χ2v) is 12.0. The van der Waals surface area contributed by atoms with E-state index in [0.29, 0.717) is 30.8 Å². The average molecular weight is 563 g/mol. The minimum Gasteiger partial charge on any atom is -0.370 e. The highest BCUT2D eigenvalue weighted by atomic mass is 16.5. The van der Waals surface area contributed by atoms with E-state index >= 15 is 0 Å². The van der Waals surface area contributed by atoms with Gasteiger partial charge in [-0.05, 0) is 56.9 Å². The van der Waals surface area contributed by atoms with Crippen LogP contribution in [0.5, 0.6) is 0 Å². The van der Waals surface area contributed by atoms with E-state index < -0.39 is 11.0 Å². The Morgan fingerprint density at radius 3 is 2.76 bits per heavy atom. The van der Waals surface area contributed by atoms with Crippen LogP contribution in [0.25, 0.3) is 0 Å². The van der Waals surface area contributed by atoms with Gasteiger partial charge in [0, 0.05) is 49.1 Å². The molecular weight excluding hydrogens is 528 g/mol. The number of rotatable bonds is 6. The van der Waals surface area contributed by atoms with Crippen molar-refractivity contribution >= 4 is 17.6 Å². The Balaban J connectivity index is 1.18. The van der Waals surface area contributed by atoms with E-state index in [4.69, 9.17) is 9.72 Å². The second kappa shape index (κ2) is 9.87. The lowest BCUT2D eigenvalue weighted by Crippen LogP contribution is -2.37. The predicted molar refractivity (Wildman–Crippen MR) is 157 cm³/mol. The molecule has 7 rings (SSSR count). The maximum atomic E-state index is 13.7. The lowest BCUT2D eigenvalue weighted by molar-refractivity contribution is -0.120. The molecule has 0 radical (unpaired) electrons. The summed E-state index contributed by atoms with van der Waals surface area (Å²) in [5, 5.41) is 6.20. The Bertz CT molecular complexity index is 1700. The maximum Gasteiger partial charge on any atom is 0.253 e. The Hall–Kier alpha value is -4.37. The molecule has 9 nitrogen and oxygen atoms in total. The average Bonchev–Trinajstić information content (AvgIpc) is 3.67. The summed E-state index contributed by atoms with van der Waals surface area (Å²) in [4.78, 5) is 40.7. The Morgan fingerprint density at radius 1 is 1.12 bits per heavy atom. The number of fused-ring (bicyclic) bond motifs is 4. The van der Waals surface area contributed by atoms with E-state index in [1.165, 1.54) is 5.56 Å². The van der Waals surface area contributed by atoms with Gasteiger partial charge in [0.15, 0.2) is 0 Å². The van der Waals surface area contributed by atoms with E-state index in [1.807, 2.05) is 37.4 Å². The predicted octanol–water partition coefficient (Wildman–Crippen LogP) is 4.59.